The molecule has 2 N–H and O–H groups in total. The Morgan fingerprint density at radius 2 is 1.70 bits per heavy atom. The molecule has 3 rings (SSSR count). The minimum atomic E-state index is -3.58. The fourth-order valence-electron chi connectivity index (χ4n) is 2.88. The predicted octanol–water partition coefficient (Wildman–Crippen LogP) is 2.16. The molecule has 1 aromatic heterocycles. The number of carbonyl (C=O) groups is 1. The van der Waals surface area contributed by atoms with Crippen LogP contribution in [-0.4, -0.2) is 36.7 Å². The van der Waals surface area contributed by atoms with Gasteiger partial charge in [0.15, 0.2) is 0 Å². The lowest BCUT2D eigenvalue weighted by molar-refractivity contribution is 0.0942. The molecule has 0 bridgehead atoms. The SMILES string of the molecule is C=C(NNC(=O)c1cccc(S(=O)(=O)N2CCCCC2)c1)c1ccncc1. The molecule has 142 valence electrons. The van der Waals surface area contributed by atoms with Crippen molar-refractivity contribution in [2.45, 2.75) is 24.2 Å². The molecular weight excluding hydrogens is 364 g/mol. The summed E-state index contributed by atoms with van der Waals surface area (Å²) in [5.74, 6) is -0.444. The summed E-state index contributed by atoms with van der Waals surface area (Å²) < 4.78 is 27.0. The molecule has 0 unspecified atom stereocenters. The quantitative estimate of drug-likeness (QED) is 0.743. The van der Waals surface area contributed by atoms with Crippen LogP contribution in [0.3, 0.4) is 0 Å². The summed E-state index contributed by atoms with van der Waals surface area (Å²) in [5, 5.41) is 0. The van der Waals surface area contributed by atoms with E-state index in [1.165, 1.54) is 16.4 Å². The van der Waals surface area contributed by atoms with Gasteiger partial charge in [-0.25, -0.2) is 8.42 Å². The second-order valence-electron chi connectivity index (χ2n) is 6.29. The second-order valence-corrected chi connectivity index (χ2v) is 8.22. The maximum atomic E-state index is 12.8. The zero-order valence-electron chi connectivity index (χ0n) is 14.9. The van der Waals surface area contributed by atoms with Gasteiger partial charge in [0.25, 0.3) is 5.91 Å². The number of hydrogen-bond acceptors (Lipinski definition) is 5. The third kappa shape index (κ3) is 4.53. The van der Waals surface area contributed by atoms with Crippen molar-refractivity contribution in [2.75, 3.05) is 13.1 Å². The van der Waals surface area contributed by atoms with E-state index in [1.54, 1.807) is 36.7 Å². The van der Waals surface area contributed by atoms with Gasteiger partial charge in [-0.2, -0.15) is 4.31 Å². The van der Waals surface area contributed by atoms with Gasteiger partial charge in [-0.3, -0.25) is 20.6 Å². The highest BCUT2D eigenvalue weighted by molar-refractivity contribution is 7.89. The highest BCUT2D eigenvalue weighted by Gasteiger charge is 2.26. The number of sulfonamides is 1. The highest BCUT2D eigenvalue weighted by atomic mass is 32.2. The summed E-state index contributed by atoms with van der Waals surface area (Å²) in [6.45, 7) is 4.89. The van der Waals surface area contributed by atoms with E-state index in [9.17, 15) is 13.2 Å². The normalized spacial score (nSPS) is 15.1. The Kier molecular flexibility index (Phi) is 5.88. The van der Waals surface area contributed by atoms with Crippen LogP contribution in [0.25, 0.3) is 5.70 Å². The number of benzene rings is 1. The lowest BCUT2D eigenvalue weighted by Gasteiger charge is -2.26. The third-order valence-electron chi connectivity index (χ3n) is 4.40. The number of hydrogen-bond donors (Lipinski definition) is 2. The van der Waals surface area contributed by atoms with Crippen molar-refractivity contribution < 1.29 is 13.2 Å². The molecular formula is C19H22N4O3S. The Hall–Kier alpha value is -2.71. The lowest BCUT2D eigenvalue weighted by atomic mass is 10.2. The van der Waals surface area contributed by atoms with Crippen molar-refractivity contribution in [1.82, 2.24) is 20.1 Å². The van der Waals surface area contributed by atoms with E-state index < -0.39 is 15.9 Å². The first kappa shape index (κ1) is 19.1. The molecule has 0 spiro atoms. The van der Waals surface area contributed by atoms with Crippen LogP contribution in [0.5, 0.6) is 0 Å². The van der Waals surface area contributed by atoms with E-state index in [1.807, 2.05) is 0 Å². The van der Waals surface area contributed by atoms with Crippen LogP contribution >= 0.6 is 0 Å². The molecule has 1 amide bonds. The number of rotatable bonds is 6. The van der Waals surface area contributed by atoms with Gasteiger partial charge in [-0.15, -0.1) is 0 Å². The smallest absolute Gasteiger partial charge is 0.269 e. The average molecular weight is 386 g/mol. The molecule has 1 aliphatic rings. The van der Waals surface area contributed by atoms with Crippen molar-refractivity contribution in [3.63, 3.8) is 0 Å². The van der Waals surface area contributed by atoms with E-state index in [4.69, 9.17) is 0 Å². The summed E-state index contributed by atoms with van der Waals surface area (Å²) in [7, 11) is -3.58. The molecule has 0 saturated carbocycles. The Bertz CT molecular complexity index is 923. The van der Waals surface area contributed by atoms with Crippen molar-refractivity contribution >= 4 is 21.6 Å². The Labute approximate surface area is 159 Å². The molecule has 0 atom stereocenters. The van der Waals surface area contributed by atoms with E-state index >= 15 is 0 Å². The van der Waals surface area contributed by atoms with E-state index in [2.05, 4.69) is 22.4 Å². The molecule has 7 nitrogen and oxygen atoms in total. The van der Waals surface area contributed by atoms with Crippen LogP contribution in [0.2, 0.25) is 0 Å². The monoisotopic (exact) mass is 386 g/mol. The van der Waals surface area contributed by atoms with Gasteiger partial charge < -0.3 is 0 Å². The maximum Gasteiger partial charge on any atom is 0.269 e. The predicted molar refractivity (Wildman–Crippen MR) is 103 cm³/mol. The molecule has 8 heteroatoms. The standard InChI is InChI=1S/C19H22N4O3S/c1-15(16-8-10-20-11-9-16)21-22-19(24)17-6-5-7-18(14-17)27(25,26)23-12-3-2-4-13-23/h5-11,14,21H,1-4,12-13H2,(H,22,24). The number of pyridine rings is 1. The molecule has 0 aliphatic carbocycles. The molecule has 1 fully saturated rings. The van der Waals surface area contributed by atoms with Crippen molar-refractivity contribution in [1.29, 1.82) is 0 Å². The van der Waals surface area contributed by atoms with Gasteiger partial charge in [-0.05, 0) is 43.2 Å². The first-order chi connectivity index (χ1) is 13.0. The molecule has 1 aromatic carbocycles. The van der Waals surface area contributed by atoms with Gasteiger partial charge in [0.05, 0.1) is 10.6 Å². The van der Waals surface area contributed by atoms with Gasteiger partial charge in [0.1, 0.15) is 0 Å². The topological polar surface area (TPSA) is 91.4 Å². The van der Waals surface area contributed by atoms with Crippen LogP contribution in [0.1, 0.15) is 35.2 Å². The fraction of sp³-hybridized carbons (Fsp3) is 0.263. The van der Waals surface area contributed by atoms with Crippen LogP contribution in [0, 0.1) is 0 Å². The maximum absolute atomic E-state index is 12.8. The average Bonchev–Trinajstić information content (AvgIpc) is 2.73. The molecule has 27 heavy (non-hydrogen) atoms. The number of hydrazine groups is 1. The van der Waals surface area contributed by atoms with E-state index in [0.717, 1.165) is 24.8 Å². The number of amides is 1. The fourth-order valence-corrected chi connectivity index (χ4v) is 4.45. The number of aromatic nitrogens is 1. The molecule has 0 radical (unpaired) electrons. The second kappa shape index (κ2) is 8.32. The summed E-state index contributed by atoms with van der Waals surface area (Å²) in [6.07, 6.45) is 6.01. The van der Waals surface area contributed by atoms with E-state index in [-0.39, 0.29) is 10.5 Å². The zero-order valence-corrected chi connectivity index (χ0v) is 15.7. The van der Waals surface area contributed by atoms with Crippen molar-refractivity contribution in [3.05, 3.63) is 66.5 Å². The zero-order chi connectivity index (χ0) is 19.3. The number of carbonyl (C=O) groups excluding carboxylic acids is 1. The minimum absolute atomic E-state index is 0.130. The number of nitrogens with zero attached hydrogens (tertiary/aromatic N) is 2. The van der Waals surface area contributed by atoms with Crippen molar-refractivity contribution in [2.24, 2.45) is 0 Å². The Morgan fingerprint density at radius 3 is 2.41 bits per heavy atom. The lowest BCUT2D eigenvalue weighted by Crippen LogP contribution is -2.37. The largest absolute Gasteiger partial charge is 0.298 e. The summed E-state index contributed by atoms with van der Waals surface area (Å²) in [6, 6.07) is 9.58. The van der Waals surface area contributed by atoms with Gasteiger partial charge >= 0.3 is 0 Å². The minimum Gasteiger partial charge on any atom is -0.298 e. The van der Waals surface area contributed by atoms with E-state index in [0.29, 0.717) is 18.8 Å². The number of nitrogens with one attached hydrogen (secondary N) is 2. The Morgan fingerprint density at radius 1 is 1.00 bits per heavy atom. The van der Waals surface area contributed by atoms with Crippen molar-refractivity contribution in [3.8, 4) is 0 Å². The van der Waals surface area contributed by atoms with Gasteiger partial charge in [0.2, 0.25) is 10.0 Å². The van der Waals surface area contributed by atoms with Crippen LogP contribution < -0.4 is 10.9 Å². The van der Waals surface area contributed by atoms with Gasteiger partial charge in [-0.1, -0.05) is 19.1 Å². The summed E-state index contributed by atoms with van der Waals surface area (Å²) in [5.41, 5.74) is 6.81. The Balaban J connectivity index is 1.69. The van der Waals surface area contributed by atoms with Crippen LogP contribution in [0.4, 0.5) is 0 Å². The van der Waals surface area contributed by atoms with Crippen LogP contribution in [0.15, 0.2) is 60.3 Å². The summed E-state index contributed by atoms with van der Waals surface area (Å²) >= 11 is 0. The number of piperidine rings is 1. The summed E-state index contributed by atoms with van der Waals surface area (Å²) in [4.78, 5) is 16.5. The first-order valence-electron chi connectivity index (χ1n) is 8.74. The first-order valence-corrected chi connectivity index (χ1v) is 10.2. The highest BCUT2D eigenvalue weighted by Crippen LogP contribution is 2.21. The molecule has 1 saturated heterocycles. The molecule has 1 aliphatic heterocycles. The molecule has 2 heterocycles. The molecule has 2 aromatic rings. The van der Waals surface area contributed by atoms with Crippen LogP contribution in [-0.2, 0) is 10.0 Å². The van der Waals surface area contributed by atoms with Gasteiger partial charge in [0, 0.05) is 36.6 Å². The third-order valence-corrected chi connectivity index (χ3v) is 6.30.